The maximum atomic E-state index is 13.9. The van der Waals surface area contributed by atoms with Gasteiger partial charge >= 0.3 is 0 Å². The summed E-state index contributed by atoms with van der Waals surface area (Å²) in [6.45, 7) is 7.99. The summed E-state index contributed by atoms with van der Waals surface area (Å²) in [5.41, 5.74) is 2.09. The molecule has 0 spiro atoms. The highest BCUT2D eigenvalue weighted by atomic mass is 35.5. The highest BCUT2D eigenvalue weighted by Gasteiger charge is 2.28. The van der Waals surface area contributed by atoms with Crippen LogP contribution in [0.25, 0.3) is 11.3 Å². The van der Waals surface area contributed by atoms with Crippen molar-refractivity contribution in [1.82, 2.24) is 15.0 Å². The van der Waals surface area contributed by atoms with Crippen LogP contribution in [0.5, 0.6) is 0 Å². The van der Waals surface area contributed by atoms with E-state index in [-0.39, 0.29) is 24.5 Å². The maximum absolute atomic E-state index is 13.9. The normalized spacial score (nSPS) is 17.1. The van der Waals surface area contributed by atoms with Crippen LogP contribution in [-0.2, 0) is 0 Å². The summed E-state index contributed by atoms with van der Waals surface area (Å²) >= 11 is 6.38. The second-order valence-corrected chi connectivity index (χ2v) is 9.22. The molecule has 0 radical (unpaired) electrons. The first-order valence-electron chi connectivity index (χ1n) is 11.4. The third-order valence-corrected chi connectivity index (χ3v) is 6.65. The zero-order valence-corrected chi connectivity index (χ0v) is 20.7. The molecule has 1 fully saturated rings. The van der Waals surface area contributed by atoms with E-state index >= 15 is 0 Å². The number of pyridine rings is 1. The molecule has 2 unspecified atom stereocenters. The van der Waals surface area contributed by atoms with Gasteiger partial charge in [0.25, 0.3) is 0 Å². The fourth-order valence-corrected chi connectivity index (χ4v) is 4.34. The summed E-state index contributed by atoms with van der Waals surface area (Å²) in [4.78, 5) is 20.4. The van der Waals surface area contributed by atoms with Gasteiger partial charge in [0.1, 0.15) is 17.5 Å². The number of aryl methyl sites for hydroxylation is 1. The minimum absolute atomic E-state index is 0.0189. The Kier molecular flexibility index (Phi) is 7.19. The number of likely N-dealkylation sites (N-methyl/N-ethyl adjacent to an activating group) is 1. The number of hydrogen-bond donors (Lipinski definition) is 1. The van der Waals surface area contributed by atoms with Gasteiger partial charge in [-0.1, -0.05) is 11.6 Å². The predicted octanol–water partition coefficient (Wildman–Crippen LogP) is 4.17. The second kappa shape index (κ2) is 10.1. The van der Waals surface area contributed by atoms with Crippen molar-refractivity contribution in [2.45, 2.75) is 32.9 Å². The van der Waals surface area contributed by atoms with Gasteiger partial charge < -0.3 is 19.8 Å². The lowest BCUT2D eigenvalue weighted by Crippen LogP contribution is -2.52. The van der Waals surface area contributed by atoms with Gasteiger partial charge in [-0.25, -0.2) is 14.4 Å². The van der Waals surface area contributed by atoms with E-state index in [2.05, 4.69) is 21.7 Å². The summed E-state index contributed by atoms with van der Waals surface area (Å²) in [6.07, 6.45) is 1.75. The number of aliphatic hydroxyl groups is 1. The number of nitrogens with zero attached hydrogens (tertiary/aromatic N) is 6. The van der Waals surface area contributed by atoms with Gasteiger partial charge in [-0.2, -0.15) is 4.98 Å². The van der Waals surface area contributed by atoms with Gasteiger partial charge in [-0.05, 0) is 56.7 Å². The van der Waals surface area contributed by atoms with Crippen LogP contribution in [-0.4, -0.2) is 65.4 Å². The molecule has 1 aromatic carbocycles. The van der Waals surface area contributed by atoms with Crippen LogP contribution in [0.4, 0.5) is 22.0 Å². The fraction of sp³-hybridized carbons (Fsp3) is 0.400. The van der Waals surface area contributed by atoms with Crippen LogP contribution in [0.3, 0.4) is 0 Å². The van der Waals surface area contributed by atoms with Crippen molar-refractivity contribution in [3.63, 3.8) is 0 Å². The zero-order valence-electron chi connectivity index (χ0n) is 19.9. The molecule has 0 bridgehead atoms. The molecule has 34 heavy (non-hydrogen) atoms. The molecule has 1 saturated heterocycles. The maximum Gasteiger partial charge on any atom is 0.227 e. The highest BCUT2D eigenvalue weighted by Crippen LogP contribution is 2.30. The van der Waals surface area contributed by atoms with Crippen molar-refractivity contribution >= 4 is 29.2 Å². The number of piperazine rings is 1. The third-order valence-electron chi connectivity index (χ3n) is 6.36. The molecule has 7 nitrogen and oxygen atoms in total. The largest absolute Gasteiger partial charge is 0.394 e. The molecule has 0 saturated carbocycles. The molecule has 0 aliphatic carbocycles. The van der Waals surface area contributed by atoms with E-state index in [9.17, 15) is 9.50 Å². The molecular weight excluding hydrogens is 455 g/mol. The number of anilines is 3. The Morgan fingerprint density at radius 1 is 1.24 bits per heavy atom. The lowest BCUT2D eigenvalue weighted by Gasteiger charge is -2.41. The molecule has 4 rings (SSSR count). The van der Waals surface area contributed by atoms with E-state index in [4.69, 9.17) is 21.6 Å². The Labute approximate surface area is 204 Å². The lowest BCUT2D eigenvalue weighted by molar-refractivity contribution is 0.269. The summed E-state index contributed by atoms with van der Waals surface area (Å²) < 4.78 is 13.9. The van der Waals surface area contributed by atoms with Gasteiger partial charge in [0, 0.05) is 50.6 Å². The molecule has 1 aliphatic rings. The number of halogens is 2. The average Bonchev–Trinajstić information content (AvgIpc) is 2.84. The summed E-state index contributed by atoms with van der Waals surface area (Å²) in [5, 5.41) is 10.3. The number of rotatable bonds is 6. The van der Waals surface area contributed by atoms with Crippen molar-refractivity contribution in [2.24, 2.45) is 0 Å². The SMILES string of the molecule is Cc1cc(-c2cc(N3CCN(c4ncccc4Cl)CC3C)nc(N(C)C(C)CO)n2)ccc1F. The van der Waals surface area contributed by atoms with Crippen LogP contribution < -0.4 is 14.7 Å². The first kappa shape index (κ1) is 24.2. The first-order chi connectivity index (χ1) is 16.3. The highest BCUT2D eigenvalue weighted by molar-refractivity contribution is 6.32. The Balaban J connectivity index is 1.69. The van der Waals surface area contributed by atoms with Gasteiger partial charge in [0.05, 0.1) is 23.4 Å². The van der Waals surface area contributed by atoms with E-state index in [1.807, 2.05) is 37.1 Å². The van der Waals surface area contributed by atoms with E-state index in [1.54, 1.807) is 25.3 Å². The molecule has 2 aromatic heterocycles. The predicted molar refractivity (Wildman–Crippen MR) is 135 cm³/mol. The molecule has 3 aromatic rings. The Morgan fingerprint density at radius 2 is 2.03 bits per heavy atom. The minimum atomic E-state index is -0.248. The third kappa shape index (κ3) is 4.93. The molecule has 9 heteroatoms. The minimum Gasteiger partial charge on any atom is -0.394 e. The molecule has 180 valence electrons. The number of benzene rings is 1. The summed E-state index contributed by atoms with van der Waals surface area (Å²) in [6, 6.07) is 10.6. The van der Waals surface area contributed by atoms with Crippen molar-refractivity contribution in [1.29, 1.82) is 0 Å². The lowest BCUT2D eigenvalue weighted by atomic mass is 10.1. The van der Waals surface area contributed by atoms with Crippen LogP contribution >= 0.6 is 11.6 Å². The molecule has 1 aliphatic heterocycles. The zero-order chi connectivity index (χ0) is 24.4. The molecule has 2 atom stereocenters. The topological polar surface area (TPSA) is 68.6 Å². The Bertz CT molecular complexity index is 1160. The van der Waals surface area contributed by atoms with Crippen LogP contribution in [0.1, 0.15) is 19.4 Å². The van der Waals surface area contributed by atoms with Crippen molar-refractivity contribution in [3.8, 4) is 11.3 Å². The fourth-order valence-electron chi connectivity index (χ4n) is 4.10. The number of aromatic nitrogens is 3. The Morgan fingerprint density at radius 3 is 2.71 bits per heavy atom. The van der Waals surface area contributed by atoms with Gasteiger partial charge in [-0.15, -0.1) is 0 Å². The van der Waals surface area contributed by atoms with Crippen LogP contribution in [0.2, 0.25) is 5.02 Å². The van der Waals surface area contributed by atoms with Gasteiger partial charge in [0.2, 0.25) is 5.95 Å². The number of hydrogen-bond acceptors (Lipinski definition) is 7. The number of aliphatic hydroxyl groups excluding tert-OH is 1. The average molecular weight is 485 g/mol. The molecular formula is C25H30ClFN6O. The van der Waals surface area contributed by atoms with E-state index in [1.165, 1.54) is 6.07 Å². The van der Waals surface area contributed by atoms with E-state index in [0.29, 0.717) is 22.2 Å². The van der Waals surface area contributed by atoms with Gasteiger partial charge in [0.15, 0.2) is 0 Å². The molecule has 0 amide bonds. The smallest absolute Gasteiger partial charge is 0.227 e. The second-order valence-electron chi connectivity index (χ2n) is 8.82. The first-order valence-corrected chi connectivity index (χ1v) is 11.8. The summed E-state index contributed by atoms with van der Waals surface area (Å²) in [7, 11) is 1.87. The molecule has 3 heterocycles. The standard InChI is InChI=1S/C25H30ClFN6O/c1-16-12-19(7-8-21(16)27)22-13-23(30-25(29-22)31(4)18(3)15-34)33-11-10-32(14-17(33)2)24-20(26)6-5-9-28-24/h5-9,12-13,17-18,34H,10-11,14-15H2,1-4H3. The van der Waals surface area contributed by atoms with Crippen molar-refractivity contribution in [2.75, 3.05) is 48.0 Å². The monoisotopic (exact) mass is 484 g/mol. The van der Waals surface area contributed by atoms with Crippen LogP contribution in [0.15, 0.2) is 42.6 Å². The quantitative estimate of drug-likeness (QED) is 0.563. The van der Waals surface area contributed by atoms with Crippen LogP contribution in [0, 0.1) is 12.7 Å². The Hall–Kier alpha value is -2.97. The van der Waals surface area contributed by atoms with Gasteiger partial charge in [-0.3, -0.25) is 0 Å². The van der Waals surface area contributed by atoms with Crippen molar-refractivity contribution < 1.29 is 9.50 Å². The van der Waals surface area contributed by atoms with E-state index in [0.717, 1.165) is 36.8 Å². The molecule has 1 N–H and O–H groups in total. The van der Waals surface area contributed by atoms with E-state index < -0.39 is 0 Å². The summed E-state index contributed by atoms with van der Waals surface area (Å²) in [5.74, 6) is 1.84. The van der Waals surface area contributed by atoms with Crippen molar-refractivity contribution in [3.05, 3.63) is 59.0 Å².